The molecule has 66 valence electrons. The highest BCUT2D eigenvalue weighted by atomic mass is 16.3. The van der Waals surface area contributed by atoms with Crippen LogP contribution in [0.1, 0.15) is 25.7 Å². The summed E-state index contributed by atoms with van der Waals surface area (Å²) in [5.41, 5.74) is 11.4. The number of aliphatic hydroxyl groups excluding tert-OH is 1. The van der Waals surface area contributed by atoms with E-state index in [9.17, 15) is 0 Å². The molecule has 5 N–H and O–H groups in total. The topological polar surface area (TPSA) is 72.3 Å². The highest BCUT2D eigenvalue weighted by Gasteiger charge is 2.22. The van der Waals surface area contributed by atoms with Crippen molar-refractivity contribution in [3.63, 3.8) is 0 Å². The third-order valence-electron chi connectivity index (χ3n) is 2.63. The Balaban J connectivity index is 2.27. The highest BCUT2D eigenvalue weighted by molar-refractivity contribution is 4.80. The van der Waals surface area contributed by atoms with Crippen LogP contribution in [0.3, 0.4) is 0 Å². The van der Waals surface area contributed by atoms with E-state index in [2.05, 4.69) is 0 Å². The molecule has 1 aliphatic carbocycles. The van der Waals surface area contributed by atoms with Crippen molar-refractivity contribution in [2.75, 3.05) is 6.61 Å². The predicted octanol–water partition coefficient (Wildman–Crippen LogP) is -0.177. The molecule has 1 unspecified atom stereocenters. The molecule has 1 aliphatic rings. The summed E-state index contributed by atoms with van der Waals surface area (Å²) >= 11 is 0. The van der Waals surface area contributed by atoms with Crippen molar-refractivity contribution in [3.8, 4) is 0 Å². The first-order valence-electron chi connectivity index (χ1n) is 4.36. The average molecular weight is 158 g/mol. The van der Waals surface area contributed by atoms with Crippen LogP contribution >= 0.6 is 0 Å². The minimum atomic E-state index is -0.0255. The minimum absolute atomic E-state index is 0.0255. The van der Waals surface area contributed by atoms with E-state index in [4.69, 9.17) is 16.6 Å². The van der Waals surface area contributed by atoms with Gasteiger partial charge in [-0.25, -0.2) is 0 Å². The Hall–Kier alpha value is -0.120. The molecule has 0 aliphatic heterocycles. The third kappa shape index (κ3) is 2.43. The van der Waals surface area contributed by atoms with E-state index < -0.39 is 0 Å². The first kappa shape index (κ1) is 8.97. The molecule has 0 radical (unpaired) electrons. The van der Waals surface area contributed by atoms with Crippen LogP contribution in [0.2, 0.25) is 0 Å². The molecule has 0 saturated heterocycles. The number of hydrogen-bond donors (Lipinski definition) is 3. The molecule has 1 atom stereocenters. The quantitative estimate of drug-likeness (QED) is 0.522. The Kier molecular flexibility index (Phi) is 3.30. The summed E-state index contributed by atoms with van der Waals surface area (Å²) in [6, 6.07) is 0.347. The lowest BCUT2D eigenvalue weighted by molar-refractivity contribution is 0.192. The molecule has 0 heterocycles. The summed E-state index contributed by atoms with van der Waals surface area (Å²) in [6.07, 6.45) is 4.31. The Bertz CT molecular complexity index is 111. The van der Waals surface area contributed by atoms with Gasteiger partial charge in [0.05, 0.1) is 6.61 Å². The van der Waals surface area contributed by atoms with Crippen molar-refractivity contribution in [3.05, 3.63) is 0 Å². The maximum Gasteiger partial charge on any atom is 0.0585 e. The zero-order chi connectivity index (χ0) is 8.27. The molecule has 3 nitrogen and oxygen atoms in total. The van der Waals surface area contributed by atoms with Crippen molar-refractivity contribution < 1.29 is 5.11 Å². The molecule has 0 bridgehead atoms. The lowest BCUT2D eigenvalue weighted by Crippen LogP contribution is -2.38. The van der Waals surface area contributed by atoms with Crippen LogP contribution in [-0.2, 0) is 0 Å². The minimum Gasteiger partial charge on any atom is -0.395 e. The monoisotopic (exact) mass is 158 g/mol. The maximum absolute atomic E-state index is 8.80. The van der Waals surface area contributed by atoms with Crippen molar-refractivity contribution in [2.24, 2.45) is 17.4 Å². The molecule has 1 rings (SSSR count). The first-order chi connectivity index (χ1) is 5.24. The van der Waals surface area contributed by atoms with Crippen LogP contribution in [0.4, 0.5) is 0 Å². The van der Waals surface area contributed by atoms with Gasteiger partial charge < -0.3 is 16.6 Å². The van der Waals surface area contributed by atoms with Gasteiger partial charge >= 0.3 is 0 Å². The number of nitrogens with two attached hydrogens (primary N) is 2. The van der Waals surface area contributed by atoms with E-state index in [1.54, 1.807) is 0 Å². The van der Waals surface area contributed by atoms with Gasteiger partial charge in [-0.1, -0.05) is 0 Å². The molecule has 0 amide bonds. The lowest BCUT2D eigenvalue weighted by Gasteiger charge is -2.29. The van der Waals surface area contributed by atoms with Gasteiger partial charge in [-0.05, 0) is 31.6 Å². The van der Waals surface area contributed by atoms with E-state index in [0.717, 1.165) is 25.7 Å². The maximum atomic E-state index is 8.80. The molecule has 0 spiro atoms. The van der Waals surface area contributed by atoms with Crippen molar-refractivity contribution in [1.29, 1.82) is 0 Å². The van der Waals surface area contributed by atoms with Crippen LogP contribution in [0.5, 0.6) is 0 Å². The number of rotatable bonds is 2. The summed E-state index contributed by atoms with van der Waals surface area (Å²) in [5, 5.41) is 8.80. The fraction of sp³-hybridized carbons (Fsp3) is 1.00. The second-order valence-corrected chi connectivity index (χ2v) is 3.52. The van der Waals surface area contributed by atoms with Gasteiger partial charge in [0, 0.05) is 12.1 Å². The number of aliphatic hydroxyl groups is 1. The van der Waals surface area contributed by atoms with Gasteiger partial charge in [0.2, 0.25) is 0 Å². The van der Waals surface area contributed by atoms with Gasteiger partial charge in [-0.2, -0.15) is 0 Å². The summed E-state index contributed by atoms with van der Waals surface area (Å²) in [4.78, 5) is 0. The molecular formula is C8H18N2O. The molecular weight excluding hydrogens is 140 g/mol. The lowest BCUT2D eigenvalue weighted by atomic mass is 9.82. The van der Waals surface area contributed by atoms with E-state index in [1.807, 2.05) is 0 Å². The van der Waals surface area contributed by atoms with E-state index in [0.29, 0.717) is 12.0 Å². The second-order valence-electron chi connectivity index (χ2n) is 3.52. The molecule has 1 saturated carbocycles. The number of hydrogen-bond acceptors (Lipinski definition) is 3. The van der Waals surface area contributed by atoms with Crippen LogP contribution in [-0.4, -0.2) is 23.8 Å². The van der Waals surface area contributed by atoms with E-state index >= 15 is 0 Å². The summed E-state index contributed by atoms with van der Waals surface area (Å²) in [6.45, 7) is 0.111. The van der Waals surface area contributed by atoms with Gasteiger partial charge in [-0.15, -0.1) is 0 Å². The molecule has 1 fully saturated rings. The van der Waals surface area contributed by atoms with Gasteiger partial charge in [-0.3, -0.25) is 0 Å². The first-order valence-corrected chi connectivity index (χ1v) is 4.36. The summed E-state index contributed by atoms with van der Waals surface area (Å²) in [5.74, 6) is 0.500. The van der Waals surface area contributed by atoms with Gasteiger partial charge in [0.15, 0.2) is 0 Å². The standard InChI is InChI=1S/C8H18N2O/c9-7-3-1-6(2-4-7)8(10)5-11/h6-8,11H,1-5,9-10H2. The fourth-order valence-electron chi connectivity index (χ4n) is 1.72. The zero-order valence-electron chi connectivity index (χ0n) is 6.87. The highest BCUT2D eigenvalue weighted by Crippen LogP contribution is 2.24. The smallest absolute Gasteiger partial charge is 0.0585 e. The summed E-state index contributed by atoms with van der Waals surface area (Å²) in [7, 11) is 0. The van der Waals surface area contributed by atoms with Crippen molar-refractivity contribution in [2.45, 2.75) is 37.8 Å². The van der Waals surface area contributed by atoms with Crippen LogP contribution < -0.4 is 11.5 Å². The fourth-order valence-corrected chi connectivity index (χ4v) is 1.72. The molecule has 3 heteroatoms. The molecule has 0 aromatic carbocycles. The van der Waals surface area contributed by atoms with E-state index in [-0.39, 0.29) is 12.6 Å². The SMILES string of the molecule is NC1CCC(C(N)CO)CC1. The van der Waals surface area contributed by atoms with Gasteiger partial charge in [0.1, 0.15) is 0 Å². The Morgan fingerprint density at radius 1 is 1.27 bits per heavy atom. The average Bonchev–Trinajstić information content (AvgIpc) is 2.05. The zero-order valence-corrected chi connectivity index (χ0v) is 6.87. The van der Waals surface area contributed by atoms with Crippen molar-refractivity contribution >= 4 is 0 Å². The Morgan fingerprint density at radius 3 is 2.27 bits per heavy atom. The van der Waals surface area contributed by atoms with Crippen molar-refractivity contribution in [1.82, 2.24) is 0 Å². The summed E-state index contributed by atoms with van der Waals surface area (Å²) < 4.78 is 0. The normalized spacial score (nSPS) is 35.2. The van der Waals surface area contributed by atoms with Crippen LogP contribution in [0, 0.1) is 5.92 Å². The molecule has 11 heavy (non-hydrogen) atoms. The second kappa shape index (κ2) is 4.04. The van der Waals surface area contributed by atoms with Crippen LogP contribution in [0.25, 0.3) is 0 Å². The molecule has 0 aromatic rings. The molecule has 0 aromatic heterocycles. The predicted molar refractivity (Wildman–Crippen MR) is 45.0 cm³/mol. The van der Waals surface area contributed by atoms with E-state index in [1.165, 1.54) is 0 Å². The van der Waals surface area contributed by atoms with Gasteiger partial charge in [0.25, 0.3) is 0 Å². The van der Waals surface area contributed by atoms with Crippen LogP contribution in [0.15, 0.2) is 0 Å². The Labute approximate surface area is 67.8 Å². The largest absolute Gasteiger partial charge is 0.395 e. The third-order valence-corrected chi connectivity index (χ3v) is 2.63. The Morgan fingerprint density at radius 2 is 1.82 bits per heavy atom.